The molecule has 1 fully saturated rings. The fourth-order valence-electron chi connectivity index (χ4n) is 4.31. The van der Waals surface area contributed by atoms with E-state index in [9.17, 15) is 0 Å². The Labute approximate surface area is 193 Å². The van der Waals surface area contributed by atoms with Crippen molar-refractivity contribution < 1.29 is 4.74 Å². The number of piperazine rings is 1. The number of benzene rings is 1. The van der Waals surface area contributed by atoms with Crippen LogP contribution in [0.3, 0.4) is 0 Å². The molecule has 1 aliphatic rings. The molecular weight excluding hydrogens is 414 g/mol. The number of nitrogens with zero attached hydrogens (tertiary/aromatic N) is 5. The van der Waals surface area contributed by atoms with Gasteiger partial charge in [-0.05, 0) is 49.7 Å². The Kier molecular flexibility index (Phi) is 6.28. The lowest BCUT2D eigenvalue weighted by atomic mass is 10.1. The molecule has 0 bridgehead atoms. The largest absolute Gasteiger partial charge is 0.464 e. The first kappa shape index (κ1) is 21.5. The van der Waals surface area contributed by atoms with Crippen molar-refractivity contribution in [1.82, 2.24) is 35.1 Å². The maximum absolute atomic E-state index is 5.44. The van der Waals surface area contributed by atoms with Gasteiger partial charge in [0.1, 0.15) is 5.82 Å². The highest BCUT2D eigenvalue weighted by atomic mass is 16.5. The van der Waals surface area contributed by atoms with Crippen molar-refractivity contribution in [2.75, 3.05) is 32.8 Å². The Bertz CT molecular complexity index is 1230. The van der Waals surface area contributed by atoms with Crippen molar-refractivity contribution in [1.29, 1.82) is 0 Å². The van der Waals surface area contributed by atoms with Gasteiger partial charge in [0.05, 0.1) is 23.3 Å². The van der Waals surface area contributed by atoms with E-state index in [0.717, 1.165) is 60.0 Å². The number of hydrogen-bond donors (Lipinski definition) is 2. The zero-order valence-corrected chi connectivity index (χ0v) is 19.1. The Morgan fingerprint density at radius 2 is 1.88 bits per heavy atom. The van der Waals surface area contributed by atoms with Crippen LogP contribution in [-0.2, 0) is 6.42 Å². The molecule has 5 rings (SSSR count). The fraction of sp³-hybridized carbons (Fsp3) is 0.360. The third-order valence-electron chi connectivity index (χ3n) is 6.10. The molecule has 4 heterocycles. The average Bonchev–Trinajstić information content (AvgIpc) is 3.26. The van der Waals surface area contributed by atoms with E-state index in [2.05, 4.69) is 55.3 Å². The summed E-state index contributed by atoms with van der Waals surface area (Å²) in [7, 11) is 0. The van der Waals surface area contributed by atoms with Crippen molar-refractivity contribution in [3.05, 3.63) is 65.9 Å². The summed E-state index contributed by atoms with van der Waals surface area (Å²) in [5.41, 5.74) is 6.04. The number of imidazole rings is 1. The summed E-state index contributed by atoms with van der Waals surface area (Å²) < 4.78 is 5.44. The maximum Gasteiger partial charge on any atom is 0.316 e. The summed E-state index contributed by atoms with van der Waals surface area (Å²) in [6.45, 7) is 8.97. The Balaban J connectivity index is 1.35. The number of H-pyrrole nitrogens is 1. The summed E-state index contributed by atoms with van der Waals surface area (Å²) in [4.78, 5) is 24.0. The predicted octanol–water partition coefficient (Wildman–Crippen LogP) is 3.37. The van der Waals surface area contributed by atoms with Gasteiger partial charge in [0, 0.05) is 62.3 Å². The van der Waals surface area contributed by atoms with E-state index < -0.39 is 0 Å². The van der Waals surface area contributed by atoms with E-state index in [1.165, 1.54) is 5.56 Å². The molecular formula is C25H29N7O. The molecule has 1 saturated heterocycles. The van der Waals surface area contributed by atoms with Gasteiger partial charge < -0.3 is 15.0 Å². The highest BCUT2D eigenvalue weighted by molar-refractivity contribution is 5.81. The SMILES string of the molecule is CCOc1nccc(-c2ccc3nc(Cc4cc(C(C)N5CCNCC5)ccn4)[nH]c3c2)n1. The second kappa shape index (κ2) is 9.64. The molecule has 0 spiro atoms. The van der Waals surface area contributed by atoms with E-state index in [1.807, 2.05) is 31.3 Å². The summed E-state index contributed by atoms with van der Waals surface area (Å²) >= 11 is 0. The van der Waals surface area contributed by atoms with Gasteiger partial charge in [-0.15, -0.1) is 0 Å². The molecule has 170 valence electrons. The van der Waals surface area contributed by atoms with Gasteiger partial charge in [0.25, 0.3) is 0 Å². The van der Waals surface area contributed by atoms with E-state index in [4.69, 9.17) is 9.72 Å². The van der Waals surface area contributed by atoms with E-state index in [-0.39, 0.29) is 0 Å². The van der Waals surface area contributed by atoms with Gasteiger partial charge in [0.2, 0.25) is 0 Å². The fourth-order valence-corrected chi connectivity index (χ4v) is 4.31. The average molecular weight is 444 g/mol. The van der Waals surface area contributed by atoms with Crippen LogP contribution in [0.25, 0.3) is 22.3 Å². The molecule has 0 aliphatic carbocycles. The Hall–Kier alpha value is -3.36. The first-order chi connectivity index (χ1) is 16.2. The highest BCUT2D eigenvalue weighted by Crippen LogP contribution is 2.24. The number of nitrogens with one attached hydrogen (secondary N) is 2. The second-order valence-electron chi connectivity index (χ2n) is 8.29. The number of aromatic amines is 1. The summed E-state index contributed by atoms with van der Waals surface area (Å²) in [5, 5.41) is 3.42. The predicted molar refractivity (Wildman–Crippen MR) is 128 cm³/mol. The lowest BCUT2D eigenvalue weighted by molar-refractivity contribution is 0.185. The number of fused-ring (bicyclic) bond motifs is 1. The number of rotatable bonds is 7. The van der Waals surface area contributed by atoms with Crippen LogP contribution in [0.15, 0.2) is 48.8 Å². The lowest BCUT2D eigenvalue weighted by Crippen LogP contribution is -2.44. The quantitative estimate of drug-likeness (QED) is 0.452. The summed E-state index contributed by atoms with van der Waals surface area (Å²) in [6.07, 6.45) is 4.29. The smallest absolute Gasteiger partial charge is 0.316 e. The van der Waals surface area contributed by atoms with Crippen LogP contribution in [-0.4, -0.2) is 62.6 Å². The van der Waals surface area contributed by atoms with Crippen molar-refractivity contribution in [2.45, 2.75) is 26.3 Å². The summed E-state index contributed by atoms with van der Waals surface area (Å²) in [6, 6.07) is 13.1. The van der Waals surface area contributed by atoms with Crippen LogP contribution >= 0.6 is 0 Å². The molecule has 0 saturated carbocycles. The third kappa shape index (κ3) is 4.86. The molecule has 0 radical (unpaired) electrons. The normalized spacial score (nSPS) is 15.6. The molecule has 8 nitrogen and oxygen atoms in total. The molecule has 1 unspecified atom stereocenters. The van der Waals surface area contributed by atoms with Gasteiger partial charge in [-0.3, -0.25) is 9.88 Å². The van der Waals surface area contributed by atoms with Crippen molar-refractivity contribution >= 4 is 11.0 Å². The minimum absolute atomic E-state index is 0.376. The van der Waals surface area contributed by atoms with Crippen LogP contribution in [0, 0.1) is 0 Å². The van der Waals surface area contributed by atoms with Crippen LogP contribution in [0.1, 0.15) is 37.0 Å². The van der Waals surface area contributed by atoms with Gasteiger partial charge in [-0.2, -0.15) is 4.98 Å². The molecule has 33 heavy (non-hydrogen) atoms. The molecule has 8 heteroatoms. The second-order valence-corrected chi connectivity index (χ2v) is 8.29. The van der Waals surface area contributed by atoms with Crippen LogP contribution < -0.4 is 10.1 Å². The topological polar surface area (TPSA) is 91.9 Å². The first-order valence-electron chi connectivity index (χ1n) is 11.5. The number of pyridine rings is 1. The van der Waals surface area contributed by atoms with Crippen LogP contribution in [0.2, 0.25) is 0 Å². The van der Waals surface area contributed by atoms with Crippen LogP contribution in [0.5, 0.6) is 6.01 Å². The maximum atomic E-state index is 5.44. The molecule has 0 amide bonds. The first-order valence-corrected chi connectivity index (χ1v) is 11.5. The van der Waals surface area contributed by atoms with Crippen molar-refractivity contribution in [3.63, 3.8) is 0 Å². The van der Waals surface area contributed by atoms with E-state index in [0.29, 0.717) is 25.1 Å². The van der Waals surface area contributed by atoms with Crippen LogP contribution in [0.4, 0.5) is 0 Å². The van der Waals surface area contributed by atoms with Gasteiger partial charge in [-0.1, -0.05) is 6.07 Å². The highest BCUT2D eigenvalue weighted by Gasteiger charge is 2.18. The number of hydrogen-bond acceptors (Lipinski definition) is 7. The van der Waals surface area contributed by atoms with Gasteiger partial charge >= 0.3 is 6.01 Å². The standard InChI is InChI=1S/C25H29N7O/c1-3-33-25-28-9-7-21(31-25)19-4-5-22-23(15-19)30-24(29-22)16-20-14-18(6-8-27-20)17(2)32-12-10-26-11-13-32/h4-9,14-15,17,26H,3,10-13,16H2,1-2H3,(H,29,30). The number of ether oxygens (including phenoxy) is 1. The lowest BCUT2D eigenvalue weighted by Gasteiger charge is -2.33. The van der Waals surface area contributed by atoms with E-state index >= 15 is 0 Å². The minimum atomic E-state index is 0.376. The molecule has 1 aromatic carbocycles. The molecule has 3 aromatic heterocycles. The van der Waals surface area contributed by atoms with Crippen molar-refractivity contribution in [2.24, 2.45) is 0 Å². The zero-order chi connectivity index (χ0) is 22.6. The van der Waals surface area contributed by atoms with E-state index in [1.54, 1.807) is 6.20 Å². The van der Waals surface area contributed by atoms with Gasteiger partial charge in [0.15, 0.2) is 0 Å². The molecule has 1 atom stereocenters. The Morgan fingerprint density at radius 3 is 2.73 bits per heavy atom. The monoisotopic (exact) mass is 443 g/mol. The third-order valence-corrected chi connectivity index (χ3v) is 6.10. The number of aromatic nitrogens is 5. The summed E-state index contributed by atoms with van der Waals surface area (Å²) in [5.74, 6) is 0.902. The van der Waals surface area contributed by atoms with Crippen molar-refractivity contribution in [3.8, 4) is 17.3 Å². The Morgan fingerprint density at radius 1 is 1.03 bits per heavy atom. The molecule has 4 aromatic rings. The van der Waals surface area contributed by atoms with Gasteiger partial charge in [-0.25, -0.2) is 9.97 Å². The minimum Gasteiger partial charge on any atom is -0.464 e. The molecule has 1 aliphatic heterocycles. The molecule has 2 N–H and O–H groups in total. The zero-order valence-electron chi connectivity index (χ0n) is 19.1.